The second-order valence-electron chi connectivity index (χ2n) is 6.79. The van der Waals surface area contributed by atoms with E-state index in [4.69, 9.17) is 0 Å². The predicted octanol–water partition coefficient (Wildman–Crippen LogP) is 3.90. The Labute approximate surface area is 157 Å². The highest BCUT2D eigenvalue weighted by molar-refractivity contribution is 5.28. The quantitative estimate of drug-likeness (QED) is 0.761. The molecule has 27 heavy (non-hydrogen) atoms. The van der Waals surface area contributed by atoms with Gasteiger partial charge in [-0.3, -0.25) is 9.88 Å². The van der Waals surface area contributed by atoms with Gasteiger partial charge in [0, 0.05) is 51.2 Å². The minimum Gasteiger partial charge on any atom is -0.406 e. The van der Waals surface area contributed by atoms with Gasteiger partial charge in [-0.1, -0.05) is 18.2 Å². The molecule has 3 rings (SSSR count). The lowest BCUT2D eigenvalue weighted by molar-refractivity contribution is -0.274. The van der Waals surface area contributed by atoms with Gasteiger partial charge in [-0.25, -0.2) is 0 Å². The van der Waals surface area contributed by atoms with Crippen molar-refractivity contribution in [1.82, 2.24) is 14.8 Å². The predicted molar refractivity (Wildman–Crippen MR) is 97.5 cm³/mol. The van der Waals surface area contributed by atoms with E-state index in [-0.39, 0.29) is 5.75 Å². The van der Waals surface area contributed by atoms with Crippen molar-refractivity contribution in [3.8, 4) is 5.75 Å². The summed E-state index contributed by atoms with van der Waals surface area (Å²) in [6.07, 6.45) is -0.261. The van der Waals surface area contributed by atoms with Crippen molar-refractivity contribution in [2.24, 2.45) is 0 Å². The Bertz CT molecular complexity index is 716. The maximum Gasteiger partial charge on any atom is 0.573 e. The van der Waals surface area contributed by atoms with Crippen LogP contribution < -0.4 is 4.74 Å². The molecule has 146 valence electrons. The van der Waals surface area contributed by atoms with Crippen LogP contribution in [0, 0.1) is 0 Å². The first kappa shape index (κ1) is 19.6. The van der Waals surface area contributed by atoms with Crippen molar-refractivity contribution < 1.29 is 17.9 Å². The van der Waals surface area contributed by atoms with Crippen molar-refractivity contribution in [2.45, 2.75) is 25.7 Å². The van der Waals surface area contributed by atoms with E-state index < -0.39 is 6.36 Å². The van der Waals surface area contributed by atoms with E-state index in [1.54, 1.807) is 12.3 Å². The van der Waals surface area contributed by atoms with Gasteiger partial charge < -0.3 is 9.64 Å². The number of nitrogens with zero attached hydrogens (tertiary/aromatic N) is 3. The van der Waals surface area contributed by atoms with E-state index in [0.29, 0.717) is 12.5 Å². The summed E-state index contributed by atoms with van der Waals surface area (Å²) in [5.41, 5.74) is 2.07. The number of halogens is 3. The van der Waals surface area contributed by atoms with Crippen molar-refractivity contribution in [1.29, 1.82) is 0 Å². The van der Waals surface area contributed by atoms with Crippen LogP contribution in [0.2, 0.25) is 0 Å². The van der Waals surface area contributed by atoms with Gasteiger partial charge in [0.1, 0.15) is 5.75 Å². The van der Waals surface area contributed by atoms with Gasteiger partial charge in [-0.05, 0) is 42.7 Å². The molecule has 0 saturated carbocycles. The third-order valence-corrected chi connectivity index (χ3v) is 4.97. The normalized spacial score (nSPS) is 17.6. The highest BCUT2D eigenvalue weighted by atomic mass is 19.4. The Morgan fingerprint density at radius 1 is 1.11 bits per heavy atom. The average Bonchev–Trinajstić information content (AvgIpc) is 2.66. The van der Waals surface area contributed by atoms with Crippen LogP contribution in [-0.2, 0) is 6.42 Å². The minimum atomic E-state index is -4.65. The van der Waals surface area contributed by atoms with Crippen molar-refractivity contribution in [2.75, 3.05) is 32.7 Å². The van der Waals surface area contributed by atoms with Crippen molar-refractivity contribution in [3.05, 3.63) is 59.9 Å². The molecule has 0 spiro atoms. The van der Waals surface area contributed by atoms with Gasteiger partial charge in [0.25, 0.3) is 0 Å². The number of hydrogen-bond donors (Lipinski definition) is 0. The van der Waals surface area contributed by atoms with E-state index in [1.165, 1.54) is 17.7 Å². The molecule has 0 bridgehead atoms. The molecule has 7 heteroatoms. The molecule has 0 radical (unpaired) electrons. The topological polar surface area (TPSA) is 28.6 Å². The molecule has 1 saturated heterocycles. The fraction of sp³-hybridized carbons (Fsp3) is 0.450. The van der Waals surface area contributed by atoms with E-state index in [0.717, 1.165) is 38.3 Å². The number of piperazine rings is 1. The summed E-state index contributed by atoms with van der Waals surface area (Å²) in [4.78, 5) is 8.98. The lowest BCUT2D eigenvalue weighted by atomic mass is 10.1. The second kappa shape index (κ2) is 8.71. The summed E-state index contributed by atoms with van der Waals surface area (Å²) >= 11 is 0. The molecular weight excluding hydrogens is 355 g/mol. The van der Waals surface area contributed by atoms with Gasteiger partial charge in [-0.2, -0.15) is 0 Å². The van der Waals surface area contributed by atoms with Gasteiger partial charge in [0.2, 0.25) is 0 Å². The summed E-state index contributed by atoms with van der Waals surface area (Å²) in [7, 11) is 0. The number of benzene rings is 1. The summed E-state index contributed by atoms with van der Waals surface area (Å²) in [6.45, 7) is 6.84. The smallest absolute Gasteiger partial charge is 0.406 e. The van der Waals surface area contributed by atoms with E-state index in [2.05, 4.69) is 32.5 Å². The number of hydrogen-bond acceptors (Lipinski definition) is 4. The van der Waals surface area contributed by atoms with Crippen LogP contribution >= 0.6 is 0 Å². The summed E-state index contributed by atoms with van der Waals surface area (Å²) < 4.78 is 41.0. The first-order chi connectivity index (χ1) is 12.9. The Hall–Kier alpha value is -2.12. The van der Waals surface area contributed by atoms with E-state index >= 15 is 0 Å². The number of aromatic nitrogens is 1. The van der Waals surface area contributed by atoms with E-state index in [9.17, 15) is 13.2 Å². The lowest BCUT2D eigenvalue weighted by Gasteiger charge is -2.38. The number of rotatable bonds is 6. The maximum absolute atomic E-state index is 12.3. The van der Waals surface area contributed by atoms with Gasteiger partial charge in [0.05, 0.1) is 0 Å². The highest BCUT2D eigenvalue weighted by Crippen LogP contribution is 2.24. The zero-order valence-electron chi connectivity index (χ0n) is 15.3. The van der Waals surface area contributed by atoms with Crippen LogP contribution in [0.5, 0.6) is 5.75 Å². The zero-order valence-corrected chi connectivity index (χ0v) is 15.3. The molecule has 0 aliphatic carbocycles. The Kier molecular flexibility index (Phi) is 6.34. The van der Waals surface area contributed by atoms with Crippen LogP contribution in [0.4, 0.5) is 13.2 Å². The Morgan fingerprint density at radius 2 is 1.89 bits per heavy atom. The Morgan fingerprint density at radius 3 is 2.56 bits per heavy atom. The second-order valence-corrected chi connectivity index (χ2v) is 6.79. The minimum absolute atomic E-state index is 0.157. The molecule has 1 aromatic heterocycles. The van der Waals surface area contributed by atoms with Crippen LogP contribution in [0.3, 0.4) is 0 Å². The molecule has 1 fully saturated rings. The SMILES string of the molecule is C[C@@H](c1cccnc1)N1CCN(CCc2cccc(OC(F)(F)F)c2)CC1. The van der Waals surface area contributed by atoms with Gasteiger partial charge >= 0.3 is 6.36 Å². The fourth-order valence-electron chi connectivity index (χ4n) is 3.39. The molecule has 1 atom stereocenters. The van der Waals surface area contributed by atoms with Gasteiger partial charge in [-0.15, -0.1) is 13.2 Å². The highest BCUT2D eigenvalue weighted by Gasteiger charge is 2.31. The third kappa shape index (κ3) is 5.94. The maximum atomic E-state index is 12.3. The molecule has 2 aromatic rings. The Balaban J connectivity index is 1.47. The standard InChI is InChI=1S/C20H24F3N3O/c1-16(18-5-3-8-24-15-18)26-12-10-25(11-13-26)9-7-17-4-2-6-19(14-17)27-20(21,22)23/h2-6,8,14-16H,7,9-13H2,1H3/t16-/m0/s1. The first-order valence-corrected chi connectivity index (χ1v) is 9.12. The van der Waals surface area contributed by atoms with E-state index in [1.807, 2.05) is 18.3 Å². The molecule has 4 nitrogen and oxygen atoms in total. The fourth-order valence-corrected chi connectivity index (χ4v) is 3.39. The molecule has 2 heterocycles. The number of pyridine rings is 1. The van der Waals surface area contributed by atoms with Crippen LogP contribution in [0.25, 0.3) is 0 Å². The molecule has 1 aliphatic heterocycles. The van der Waals surface area contributed by atoms with Gasteiger partial charge in [0.15, 0.2) is 0 Å². The number of ether oxygens (including phenoxy) is 1. The van der Waals surface area contributed by atoms with Crippen molar-refractivity contribution >= 4 is 0 Å². The summed E-state index contributed by atoms with van der Waals surface area (Å²) in [5, 5.41) is 0. The average molecular weight is 379 g/mol. The van der Waals surface area contributed by atoms with Crippen molar-refractivity contribution in [3.63, 3.8) is 0 Å². The largest absolute Gasteiger partial charge is 0.573 e. The summed E-state index contributed by atoms with van der Waals surface area (Å²) in [6, 6.07) is 10.6. The van der Waals surface area contributed by atoms with Crippen LogP contribution in [0.1, 0.15) is 24.1 Å². The molecule has 0 N–H and O–H groups in total. The molecular formula is C20H24F3N3O. The summed E-state index contributed by atoms with van der Waals surface area (Å²) in [5.74, 6) is -0.157. The monoisotopic (exact) mass is 379 g/mol. The third-order valence-electron chi connectivity index (χ3n) is 4.97. The molecule has 1 aliphatic rings. The molecule has 0 amide bonds. The zero-order chi connectivity index (χ0) is 19.3. The van der Waals surface area contributed by atoms with Crippen LogP contribution in [0.15, 0.2) is 48.8 Å². The first-order valence-electron chi connectivity index (χ1n) is 9.12. The molecule has 0 unspecified atom stereocenters. The van der Waals surface area contributed by atoms with Crippen LogP contribution in [-0.4, -0.2) is 53.9 Å². The number of alkyl halides is 3. The lowest BCUT2D eigenvalue weighted by Crippen LogP contribution is -2.47. The molecule has 1 aromatic carbocycles.